The molecule has 0 N–H and O–H groups in total. The molecule has 1 aromatic heterocycles. The Hall–Kier alpha value is -1.41. The minimum atomic E-state index is 0.548. The van der Waals surface area contributed by atoms with Crippen molar-refractivity contribution in [1.29, 1.82) is 0 Å². The van der Waals surface area contributed by atoms with Crippen molar-refractivity contribution in [2.24, 2.45) is 0 Å². The van der Waals surface area contributed by atoms with Gasteiger partial charge in [0.25, 0.3) is 0 Å². The average Bonchev–Trinajstić information content (AvgIpc) is 2.30. The van der Waals surface area contributed by atoms with Crippen molar-refractivity contribution in [1.82, 2.24) is 9.97 Å². The minimum Gasteiger partial charge on any atom is -0.236 e. The molecule has 0 bridgehead atoms. The number of hydrogen-bond donors (Lipinski definition) is 0. The van der Waals surface area contributed by atoms with Crippen molar-refractivity contribution in [3.8, 4) is 11.3 Å². The maximum atomic E-state index is 6.03. The van der Waals surface area contributed by atoms with Crippen LogP contribution in [0.5, 0.6) is 0 Å². The van der Waals surface area contributed by atoms with Crippen LogP contribution >= 0.6 is 11.6 Å². The molecule has 0 spiro atoms. The summed E-state index contributed by atoms with van der Waals surface area (Å²) in [4.78, 5) is 8.28. The molecular weight excluding hydrogens is 208 g/mol. The van der Waals surface area contributed by atoms with Gasteiger partial charge in [-0.3, -0.25) is 0 Å². The van der Waals surface area contributed by atoms with Crippen LogP contribution in [-0.2, 0) is 6.42 Å². The number of hydrogen-bond acceptors (Lipinski definition) is 2. The summed E-state index contributed by atoms with van der Waals surface area (Å²) < 4.78 is 0. The summed E-state index contributed by atoms with van der Waals surface area (Å²) in [6, 6.07) is 10.0. The average molecular weight is 219 g/mol. The van der Waals surface area contributed by atoms with Crippen LogP contribution in [0.25, 0.3) is 11.3 Å². The van der Waals surface area contributed by atoms with Gasteiger partial charge in [-0.05, 0) is 6.42 Å². The fourth-order valence-electron chi connectivity index (χ4n) is 1.55. The molecular formula is C12H11ClN2. The number of halogens is 1. The molecule has 0 unspecified atom stereocenters. The van der Waals surface area contributed by atoms with Gasteiger partial charge in [-0.1, -0.05) is 48.9 Å². The summed E-state index contributed by atoms with van der Waals surface area (Å²) in [7, 11) is 0. The van der Waals surface area contributed by atoms with E-state index in [1.807, 2.05) is 30.3 Å². The van der Waals surface area contributed by atoms with Gasteiger partial charge in [-0.15, -0.1) is 0 Å². The summed E-state index contributed by atoms with van der Waals surface area (Å²) in [5.74, 6) is 0. The Kier molecular flexibility index (Phi) is 2.97. The molecule has 1 heterocycles. The highest BCUT2D eigenvalue weighted by Crippen LogP contribution is 2.25. The van der Waals surface area contributed by atoms with E-state index in [-0.39, 0.29) is 0 Å². The van der Waals surface area contributed by atoms with E-state index >= 15 is 0 Å². The Morgan fingerprint density at radius 3 is 2.53 bits per heavy atom. The van der Waals surface area contributed by atoms with Gasteiger partial charge in [0.1, 0.15) is 11.5 Å². The van der Waals surface area contributed by atoms with E-state index in [2.05, 4.69) is 16.9 Å². The summed E-state index contributed by atoms with van der Waals surface area (Å²) in [6.45, 7) is 2.05. The molecule has 0 saturated heterocycles. The Bertz CT molecular complexity index is 454. The topological polar surface area (TPSA) is 25.8 Å². The van der Waals surface area contributed by atoms with E-state index in [4.69, 9.17) is 11.6 Å². The molecule has 0 fully saturated rings. The third-order valence-corrected chi connectivity index (χ3v) is 2.62. The quantitative estimate of drug-likeness (QED) is 0.723. The summed E-state index contributed by atoms with van der Waals surface area (Å²) in [5.41, 5.74) is 3.02. The molecule has 0 saturated carbocycles. The Morgan fingerprint density at radius 2 is 1.87 bits per heavy atom. The third-order valence-electron chi connectivity index (χ3n) is 2.29. The highest BCUT2D eigenvalue weighted by atomic mass is 35.5. The van der Waals surface area contributed by atoms with E-state index < -0.39 is 0 Å². The van der Waals surface area contributed by atoms with Crippen molar-refractivity contribution >= 4 is 11.6 Å². The predicted octanol–water partition coefficient (Wildman–Crippen LogP) is 3.36. The second kappa shape index (κ2) is 4.41. The van der Waals surface area contributed by atoms with E-state index in [1.165, 1.54) is 6.33 Å². The van der Waals surface area contributed by atoms with Gasteiger partial charge < -0.3 is 0 Å². The third kappa shape index (κ3) is 2.00. The molecule has 2 nitrogen and oxygen atoms in total. The molecule has 0 amide bonds. The van der Waals surface area contributed by atoms with Crippen molar-refractivity contribution in [2.75, 3.05) is 0 Å². The molecule has 3 heteroatoms. The Labute approximate surface area is 94.0 Å². The van der Waals surface area contributed by atoms with Crippen LogP contribution in [0.15, 0.2) is 36.7 Å². The normalized spacial score (nSPS) is 10.3. The smallest absolute Gasteiger partial charge is 0.136 e. The van der Waals surface area contributed by atoms with Crippen molar-refractivity contribution in [3.05, 3.63) is 47.4 Å². The molecule has 2 aromatic rings. The SMILES string of the molecule is CCc1c(Cl)ncnc1-c1ccccc1. The van der Waals surface area contributed by atoms with Gasteiger partial charge in [-0.2, -0.15) is 0 Å². The molecule has 15 heavy (non-hydrogen) atoms. The zero-order chi connectivity index (χ0) is 10.7. The lowest BCUT2D eigenvalue weighted by Gasteiger charge is -2.07. The fourth-order valence-corrected chi connectivity index (χ4v) is 1.82. The van der Waals surface area contributed by atoms with Gasteiger partial charge >= 0.3 is 0 Å². The number of rotatable bonds is 2. The van der Waals surface area contributed by atoms with Crippen LogP contribution in [-0.4, -0.2) is 9.97 Å². The lowest BCUT2D eigenvalue weighted by Crippen LogP contribution is -1.95. The zero-order valence-electron chi connectivity index (χ0n) is 8.44. The first-order valence-corrected chi connectivity index (χ1v) is 5.25. The van der Waals surface area contributed by atoms with E-state index in [9.17, 15) is 0 Å². The first kappa shape index (κ1) is 10.1. The van der Waals surface area contributed by atoms with Crippen LogP contribution in [0, 0.1) is 0 Å². The predicted molar refractivity (Wildman–Crippen MR) is 61.9 cm³/mol. The van der Waals surface area contributed by atoms with Crippen LogP contribution < -0.4 is 0 Å². The standard InChI is InChI=1S/C12H11ClN2/c1-2-10-11(14-8-15-12(10)13)9-6-4-3-5-7-9/h3-8H,2H2,1H3. The summed E-state index contributed by atoms with van der Waals surface area (Å²) in [5, 5.41) is 0.548. The maximum Gasteiger partial charge on any atom is 0.136 e. The summed E-state index contributed by atoms with van der Waals surface area (Å²) in [6.07, 6.45) is 2.34. The molecule has 1 aromatic carbocycles. The molecule has 0 atom stereocenters. The molecule has 0 radical (unpaired) electrons. The lowest BCUT2D eigenvalue weighted by atomic mass is 10.1. The first-order chi connectivity index (χ1) is 7.33. The zero-order valence-corrected chi connectivity index (χ0v) is 9.20. The number of aromatic nitrogens is 2. The highest BCUT2D eigenvalue weighted by molar-refractivity contribution is 6.30. The summed E-state index contributed by atoms with van der Waals surface area (Å²) >= 11 is 6.03. The lowest BCUT2D eigenvalue weighted by molar-refractivity contribution is 1.05. The van der Waals surface area contributed by atoms with Crippen LogP contribution in [0.3, 0.4) is 0 Å². The van der Waals surface area contributed by atoms with Crippen LogP contribution in [0.1, 0.15) is 12.5 Å². The second-order valence-electron chi connectivity index (χ2n) is 3.21. The maximum absolute atomic E-state index is 6.03. The number of benzene rings is 1. The molecule has 76 valence electrons. The molecule has 0 aliphatic rings. The van der Waals surface area contributed by atoms with Gasteiger partial charge in [0.05, 0.1) is 5.69 Å². The first-order valence-electron chi connectivity index (χ1n) is 4.87. The van der Waals surface area contributed by atoms with Crippen molar-refractivity contribution < 1.29 is 0 Å². The second-order valence-corrected chi connectivity index (χ2v) is 3.57. The Morgan fingerprint density at radius 1 is 1.13 bits per heavy atom. The minimum absolute atomic E-state index is 0.548. The number of nitrogens with zero attached hydrogens (tertiary/aromatic N) is 2. The fraction of sp³-hybridized carbons (Fsp3) is 0.167. The van der Waals surface area contributed by atoms with Gasteiger partial charge in [0.2, 0.25) is 0 Å². The largest absolute Gasteiger partial charge is 0.236 e. The van der Waals surface area contributed by atoms with Crippen molar-refractivity contribution in [3.63, 3.8) is 0 Å². The molecule has 0 aliphatic heterocycles. The van der Waals surface area contributed by atoms with Crippen LogP contribution in [0.2, 0.25) is 5.15 Å². The Balaban J connectivity index is 2.58. The van der Waals surface area contributed by atoms with E-state index in [0.29, 0.717) is 5.15 Å². The van der Waals surface area contributed by atoms with Gasteiger partial charge in [0, 0.05) is 11.1 Å². The van der Waals surface area contributed by atoms with Crippen LogP contribution in [0.4, 0.5) is 0 Å². The van der Waals surface area contributed by atoms with Gasteiger partial charge in [-0.25, -0.2) is 9.97 Å². The van der Waals surface area contributed by atoms with Crippen molar-refractivity contribution in [2.45, 2.75) is 13.3 Å². The van der Waals surface area contributed by atoms with E-state index in [0.717, 1.165) is 23.2 Å². The van der Waals surface area contributed by atoms with Gasteiger partial charge in [0.15, 0.2) is 0 Å². The monoisotopic (exact) mass is 218 g/mol. The molecule has 0 aliphatic carbocycles. The highest BCUT2D eigenvalue weighted by Gasteiger charge is 2.08. The van der Waals surface area contributed by atoms with E-state index in [1.54, 1.807) is 0 Å². The molecule has 2 rings (SSSR count).